The van der Waals surface area contributed by atoms with E-state index >= 15 is 0 Å². The second-order valence-electron chi connectivity index (χ2n) is 12.1. The van der Waals surface area contributed by atoms with Gasteiger partial charge in [-0.3, -0.25) is 4.98 Å². The highest BCUT2D eigenvalue weighted by Gasteiger charge is 2.15. The molecule has 8 heteroatoms. The fourth-order valence-electron chi connectivity index (χ4n) is 4.99. The van der Waals surface area contributed by atoms with Gasteiger partial charge in [-0.1, -0.05) is 238 Å². The fraction of sp³-hybridized carbons (Fsp3) is 0.452. The summed E-state index contributed by atoms with van der Waals surface area (Å²) in [5, 5.41) is 6.01. The number of likely N-dealkylation sites (N-methyl/N-ethyl adjacent to an activating group) is 2. The predicted octanol–water partition coefficient (Wildman–Crippen LogP) is 20.9. The average molecular weight is 1000 g/mol. The number of benzene rings is 4. The molecule has 0 amide bonds. The van der Waals surface area contributed by atoms with Gasteiger partial charge in [0.2, 0.25) is 0 Å². The van der Waals surface area contributed by atoms with Crippen molar-refractivity contribution in [3.8, 4) is 0 Å². The van der Waals surface area contributed by atoms with E-state index in [0.717, 1.165) is 0 Å². The Hall–Kier alpha value is -5.02. The summed E-state index contributed by atoms with van der Waals surface area (Å²) >= 11 is 3.31. The van der Waals surface area contributed by atoms with Gasteiger partial charge in [0.25, 0.3) is 0 Å². The Labute approximate surface area is 443 Å². The second-order valence-corrected chi connectivity index (χ2v) is 13.6. The van der Waals surface area contributed by atoms with Gasteiger partial charge in [-0.2, -0.15) is 11.3 Å². The molecule has 70 heavy (non-hydrogen) atoms. The lowest BCUT2D eigenvalue weighted by Crippen LogP contribution is -2.12. The van der Waals surface area contributed by atoms with Crippen molar-refractivity contribution < 1.29 is 4.42 Å². The molecule has 5 heterocycles. The van der Waals surface area contributed by atoms with E-state index in [1.165, 1.54) is 83.3 Å². The lowest BCUT2D eigenvalue weighted by Gasteiger charge is -2.11. The van der Waals surface area contributed by atoms with Gasteiger partial charge in [0.1, 0.15) is 6.26 Å². The zero-order valence-corrected chi connectivity index (χ0v) is 51.2. The SMILES string of the molecule is CC.CC.CC.CC.CC.CC.CC.CC.CC.Cc1ccc2c(c1)CCN2C.Cc1ccc2c(c1)N(C)CC2.Cc1ccccc1.Cc1ccccc1.N.c1ccsc1.c1cocn1.c1cscn1. The number of thiophene rings is 1. The van der Waals surface area contributed by atoms with E-state index in [-0.39, 0.29) is 6.15 Å². The van der Waals surface area contributed by atoms with Crippen LogP contribution in [0.2, 0.25) is 0 Å². The number of nitrogens with zero attached hydrogens (tertiary/aromatic N) is 4. The Bertz CT molecular complexity index is 1660. The van der Waals surface area contributed by atoms with Gasteiger partial charge in [-0.05, 0) is 80.1 Å². The third-order valence-electron chi connectivity index (χ3n) is 7.73. The Morgan fingerprint density at radius 1 is 0.414 bits per heavy atom. The third-order valence-corrected chi connectivity index (χ3v) is 8.88. The standard InChI is InChI=1S/2C10H13N.2C7H8.C4H4S.C3H3NO.C3H3NS.9C2H6.H3N/c1-8-3-4-10-9(7-8)5-6-11(10)2;1-8-3-4-9-5-6-11(2)10(9)7-8;2*1-7-5-3-2-4-6-7;1-2-4-5-3-1;2*1-2-5-3-4-1;9*1-2;/h2*3-4,7H,5-6H2,1-2H3;2*2-6H,1H3;1-4H;2*1-3H;9*1-2H3;1H3. The van der Waals surface area contributed by atoms with Crippen LogP contribution in [0.5, 0.6) is 0 Å². The summed E-state index contributed by atoms with van der Waals surface area (Å²) < 4.78 is 4.47. The molecule has 9 rings (SSSR count). The molecular weight excluding hydrogens is 895 g/mol. The van der Waals surface area contributed by atoms with Crippen molar-refractivity contribution in [1.29, 1.82) is 0 Å². The van der Waals surface area contributed by atoms with Gasteiger partial charge in [-0.15, -0.1) is 11.3 Å². The van der Waals surface area contributed by atoms with Crippen molar-refractivity contribution in [2.24, 2.45) is 0 Å². The smallest absolute Gasteiger partial charge is 0.180 e. The van der Waals surface area contributed by atoms with Crippen LogP contribution in [-0.2, 0) is 12.8 Å². The molecule has 2 aliphatic rings. The maximum atomic E-state index is 4.47. The van der Waals surface area contributed by atoms with Crippen LogP contribution in [0, 0.1) is 27.7 Å². The lowest BCUT2D eigenvalue weighted by molar-refractivity contribution is 0.558. The molecule has 400 valence electrons. The van der Waals surface area contributed by atoms with E-state index in [4.69, 9.17) is 0 Å². The van der Waals surface area contributed by atoms with Crippen LogP contribution in [0.1, 0.15) is 158 Å². The average Bonchev–Trinajstić information content (AvgIpc) is 4.32. The number of hydrogen-bond donors (Lipinski definition) is 1. The van der Waals surface area contributed by atoms with Crippen LogP contribution in [0.4, 0.5) is 11.4 Å². The van der Waals surface area contributed by atoms with Gasteiger partial charge in [0, 0.05) is 50.1 Å². The molecule has 0 aliphatic carbocycles. The molecule has 0 fully saturated rings. The van der Waals surface area contributed by atoms with Gasteiger partial charge < -0.3 is 20.4 Å². The zero-order valence-electron chi connectivity index (χ0n) is 49.6. The Morgan fingerprint density at radius 3 is 1.16 bits per heavy atom. The number of aryl methyl sites for hydroxylation is 4. The van der Waals surface area contributed by atoms with Crippen LogP contribution in [-0.4, -0.2) is 37.2 Å². The molecule has 0 radical (unpaired) electrons. The van der Waals surface area contributed by atoms with Crippen molar-refractivity contribution >= 4 is 34.0 Å². The predicted molar refractivity (Wildman–Crippen MR) is 329 cm³/mol. The quantitative estimate of drug-likeness (QED) is 0.163. The Balaban J connectivity index is -0.000000103. The molecule has 0 spiro atoms. The molecule has 7 aromatic rings. The van der Waals surface area contributed by atoms with Crippen LogP contribution in [0.3, 0.4) is 0 Å². The van der Waals surface area contributed by atoms with Crippen molar-refractivity contribution in [3.05, 3.63) is 189 Å². The summed E-state index contributed by atoms with van der Waals surface area (Å²) in [4.78, 5) is 11.9. The van der Waals surface area contributed by atoms with Gasteiger partial charge in [0.15, 0.2) is 6.39 Å². The highest BCUT2D eigenvalue weighted by Crippen LogP contribution is 2.27. The molecule has 0 saturated heterocycles. The van der Waals surface area contributed by atoms with Crippen molar-refractivity contribution in [2.45, 2.75) is 165 Å². The number of thiazole rings is 1. The summed E-state index contributed by atoms with van der Waals surface area (Å²) in [6.45, 7) is 46.8. The monoisotopic (exact) mass is 1000 g/mol. The minimum Gasteiger partial charge on any atom is -0.452 e. The third kappa shape index (κ3) is 49.4. The normalized spacial score (nSPS) is 9.03. The number of aromatic nitrogens is 2. The maximum Gasteiger partial charge on any atom is 0.180 e. The zero-order chi connectivity index (χ0) is 54.5. The first-order valence-electron chi connectivity index (χ1n) is 26.1. The van der Waals surface area contributed by atoms with E-state index in [2.05, 4.69) is 127 Å². The minimum absolute atomic E-state index is 0. The first-order chi connectivity index (χ1) is 33.8. The molecule has 2 aliphatic heterocycles. The molecule has 0 atom stereocenters. The summed E-state index contributed by atoms with van der Waals surface area (Å²) in [6, 6.07) is 38.0. The molecule has 0 saturated carbocycles. The number of hydrogen-bond acceptors (Lipinski definition) is 8. The lowest BCUT2D eigenvalue weighted by atomic mass is 10.1. The van der Waals surface area contributed by atoms with Gasteiger partial charge >= 0.3 is 0 Å². The summed E-state index contributed by atoms with van der Waals surface area (Å²) in [7, 11) is 4.31. The Kier molecular flexibility index (Phi) is 82.6. The molecule has 0 bridgehead atoms. The molecule has 6 nitrogen and oxygen atoms in total. The molecule has 4 aromatic carbocycles. The van der Waals surface area contributed by atoms with Crippen molar-refractivity contribution in [3.63, 3.8) is 0 Å². The van der Waals surface area contributed by atoms with Crippen LogP contribution < -0.4 is 16.0 Å². The van der Waals surface area contributed by atoms with Crippen molar-refractivity contribution in [1.82, 2.24) is 16.1 Å². The fourth-order valence-corrected chi connectivity index (χ4v) is 5.80. The first kappa shape index (κ1) is 81.9. The van der Waals surface area contributed by atoms with Crippen molar-refractivity contribution in [2.75, 3.05) is 37.0 Å². The number of oxazole rings is 1. The highest BCUT2D eigenvalue weighted by molar-refractivity contribution is 7.07. The van der Waals surface area contributed by atoms with Gasteiger partial charge in [0.05, 0.1) is 11.7 Å². The van der Waals surface area contributed by atoms with E-state index in [0.29, 0.717) is 0 Å². The number of rotatable bonds is 0. The Morgan fingerprint density at radius 2 is 0.843 bits per heavy atom. The first-order valence-corrected chi connectivity index (χ1v) is 28.0. The number of anilines is 2. The van der Waals surface area contributed by atoms with E-state index < -0.39 is 0 Å². The van der Waals surface area contributed by atoms with Crippen LogP contribution >= 0.6 is 22.7 Å². The summed E-state index contributed by atoms with van der Waals surface area (Å²) in [6.07, 6.45) is 8.67. The van der Waals surface area contributed by atoms with Gasteiger partial charge in [-0.25, -0.2) is 4.98 Å². The highest BCUT2D eigenvalue weighted by atomic mass is 32.1. The second kappa shape index (κ2) is 70.5. The largest absolute Gasteiger partial charge is 0.452 e. The molecule has 3 aromatic heterocycles. The molecule has 3 N–H and O–H groups in total. The summed E-state index contributed by atoms with van der Waals surface area (Å²) in [5.41, 5.74) is 13.0. The molecular formula is C62H109N5OS2. The molecule has 0 unspecified atom stereocenters. The summed E-state index contributed by atoms with van der Waals surface area (Å²) in [5.74, 6) is 0. The topological polar surface area (TPSA) is 80.4 Å². The van der Waals surface area contributed by atoms with E-state index in [9.17, 15) is 0 Å². The number of fused-ring (bicyclic) bond motifs is 2. The van der Waals surface area contributed by atoms with Crippen LogP contribution in [0.15, 0.2) is 160 Å². The van der Waals surface area contributed by atoms with E-state index in [1.807, 2.05) is 189 Å². The maximum absolute atomic E-state index is 4.47. The minimum atomic E-state index is 0. The van der Waals surface area contributed by atoms with E-state index in [1.54, 1.807) is 40.6 Å². The van der Waals surface area contributed by atoms with Crippen LogP contribution in [0.25, 0.3) is 0 Å².